The molecule has 3 aromatic carbocycles. The van der Waals surface area contributed by atoms with Crippen molar-refractivity contribution in [2.24, 2.45) is 0 Å². The molecule has 3 heterocycles. The highest BCUT2D eigenvalue weighted by molar-refractivity contribution is 5.87. The SMILES string of the molecule is COc1cc(C2Oc3cc(O)cc(O[C@@H]4O[C@@H](CO)[C@@H](O)[C@H](O)[C@H]4O)c3C=C2O[C@@H]2O[C@H](COC(=O)/C=C/c3ccc(O)cc3)[C@@H](O)[C@H](O)[C@@H]2O)cc(O)c1O. The summed E-state index contributed by atoms with van der Waals surface area (Å²) in [6.45, 7) is -1.37. The average Bonchev–Trinajstić information content (AvgIpc) is 3.18. The van der Waals surface area contributed by atoms with E-state index in [1.54, 1.807) is 12.1 Å². The number of aromatic hydroxyl groups is 4. The van der Waals surface area contributed by atoms with Crippen LogP contribution in [-0.2, 0) is 23.7 Å². The Morgan fingerprint density at radius 2 is 1.39 bits per heavy atom. The second kappa shape index (κ2) is 16.8. The number of hydrogen-bond donors (Lipinski definition) is 11. The molecule has 0 radical (unpaired) electrons. The van der Waals surface area contributed by atoms with E-state index < -0.39 is 104 Å². The van der Waals surface area contributed by atoms with Crippen molar-refractivity contribution in [3.05, 3.63) is 77.1 Å². The first-order chi connectivity index (χ1) is 26.7. The van der Waals surface area contributed by atoms with Crippen LogP contribution in [0.4, 0.5) is 0 Å². The van der Waals surface area contributed by atoms with Gasteiger partial charge in [-0.15, -0.1) is 0 Å². The Hall–Kier alpha value is -5.35. The zero-order valence-corrected chi connectivity index (χ0v) is 29.3. The predicted octanol–water partition coefficient (Wildman–Crippen LogP) is -0.748. The number of aliphatic hydroxyl groups is 7. The van der Waals surface area contributed by atoms with E-state index in [0.717, 1.165) is 18.2 Å². The van der Waals surface area contributed by atoms with E-state index in [2.05, 4.69) is 0 Å². The van der Waals surface area contributed by atoms with Crippen LogP contribution in [0.3, 0.4) is 0 Å². The minimum Gasteiger partial charge on any atom is -0.508 e. The molecular formula is C37H40O19. The summed E-state index contributed by atoms with van der Waals surface area (Å²) in [5.74, 6) is -3.28. The van der Waals surface area contributed by atoms with Gasteiger partial charge in [0.25, 0.3) is 0 Å². The van der Waals surface area contributed by atoms with Crippen molar-refractivity contribution < 1.29 is 94.1 Å². The molecule has 0 aliphatic carbocycles. The Balaban J connectivity index is 1.31. The van der Waals surface area contributed by atoms with Gasteiger partial charge in [-0.2, -0.15) is 0 Å². The number of hydrogen-bond acceptors (Lipinski definition) is 19. The van der Waals surface area contributed by atoms with Gasteiger partial charge in [-0.3, -0.25) is 0 Å². The lowest BCUT2D eigenvalue weighted by atomic mass is 9.98. The number of ether oxygens (including phenoxy) is 7. The van der Waals surface area contributed by atoms with Crippen LogP contribution in [0.5, 0.6) is 40.2 Å². The fourth-order valence-electron chi connectivity index (χ4n) is 6.11. The van der Waals surface area contributed by atoms with Gasteiger partial charge in [-0.1, -0.05) is 12.1 Å². The number of phenolic OH excluding ortho intramolecular Hbond substituents is 4. The van der Waals surface area contributed by atoms with Crippen LogP contribution < -0.4 is 14.2 Å². The maximum Gasteiger partial charge on any atom is 0.330 e. The summed E-state index contributed by atoms with van der Waals surface area (Å²) in [4.78, 5) is 12.5. The van der Waals surface area contributed by atoms with Gasteiger partial charge in [0.15, 0.2) is 17.6 Å². The van der Waals surface area contributed by atoms with Gasteiger partial charge in [0.1, 0.15) is 84.2 Å². The van der Waals surface area contributed by atoms with Crippen LogP contribution in [0.25, 0.3) is 12.2 Å². The van der Waals surface area contributed by atoms with Crippen LogP contribution in [0.1, 0.15) is 22.8 Å². The second-order valence-corrected chi connectivity index (χ2v) is 13.0. The molecule has 2 saturated heterocycles. The van der Waals surface area contributed by atoms with E-state index >= 15 is 0 Å². The number of methoxy groups -OCH3 is 1. The smallest absolute Gasteiger partial charge is 0.330 e. The molecule has 0 saturated carbocycles. The molecule has 0 bridgehead atoms. The zero-order valence-electron chi connectivity index (χ0n) is 29.3. The van der Waals surface area contributed by atoms with Crippen LogP contribution >= 0.6 is 0 Å². The molecule has 6 rings (SSSR count). The largest absolute Gasteiger partial charge is 0.508 e. The van der Waals surface area contributed by atoms with Gasteiger partial charge in [-0.05, 0) is 42.0 Å². The van der Waals surface area contributed by atoms with Crippen molar-refractivity contribution in [3.8, 4) is 40.2 Å². The number of esters is 1. The lowest BCUT2D eigenvalue weighted by Gasteiger charge is -2.41. The highest BCUT2D eigenvalue weighted by Crippen LogP contribution is 2.48. The molecule has 1 unspecified atom stereocenters. The molecule has 3 aromatic rings. The first kappa shape index (κ1) is 40.3. The molecule has 3 aliphatic heterocycles. The van der Waals surface area contributed by atoms with Gasteiger partial charge in [0, 0.05) is 23.8 Å². The Morgan fingerprint density at radius 1 is 0.750 bits per heavy atom. The average molecular weight is 789 g/mol. The Bertz CT molecular complexity index is 1930. The van der Waals surface area contributed by atoms with E-state index in [0.29, 0.717) is 5.56 Å². The molecule has 3 aliphatic rings. The van der Waals surface area contributed by atoms with Crippen LogP contribution in [0.15, 0.2) is 60.4 Å². The minimum absolute atomic E-state index is 0.00208. The quantitative estimate of drug-likeness (QED) is 0.0647. The monoisotopic (exact) mass is 788 g/mol. The third-order valence-electron chi connectivity index (χ3n) is 9.19. The van der Waals surface area contributed by atoms with Gasteiger partial charge in [0.2, 0.25) is 18.3 Å². The third kappa shape index (κ3) is 8.40. The number of phenols is 4. The highest BCUT2D eigenvalue weighted by Gasteiger charge is 2.48. The predicted molar refractivity (Wildman–Crippen MR) is 186 cm³/mol. The Kier molecular flexibility index (Phi) is 12.1. The molecule has 2 fully saturated rings. The van der Waals surface area contributed by atoms with E-state index in [9.17, 15) is 61.0 Å². The lowest BCUT2D eigenvalue weighted by Crippen LogP contribution is -2.60. The van der Waals surface area contributed by atoms with E-state index in [-0.39, 0.29) is 39.9 Å². The number of rotatable bonds is 11. The minimum atomic E-state index is -1.93. The molecule has 0 amide bonds. The zero-order chi connectivity index (χ0) is 40.4. The molecule has 0 spiro atoms. The molecule has 56 heavy (non-hydrogen) atoms. The summed E-state index contributed by atoms with van der Waals surface area (Å²) in [6.07, 6.45) is -14.9. The number of aliphatic hydroxyl groups excluding tert-OH is 7. The van der Waals surface area contributed by atoms with Gasteiger partial charge in [0.05, 0.1) is 19.3 Å². The molecular weight excluding hydrogens is 748 g/mol. The summed E-state index contributed by atoms with van der Waals surface area (Å²) in [6, 6.07) is 10.6. The van der Waals surface area contributed by atoms with Crippen LogP contribution in [0.2, 0.25) is 0 Å². The van der Waals surface area contributed by atoms with Crippen LogP contribution in [-0.4, -0.2) is 144 Å². The van der Waals surface area contributed by atoms with E-state index in [1.165, 1.54) is 43.5 Å². The molecule has 302 valence electrons. The summed E-state index contributed by atoms with van der Waals surface area (Å²) in [5.41, 5.74) is 0.639. The van der Waals surface area contributed by atoms with E-state index in [1.807, 2.05) is 0 Å². The van der Waals surface area contributed by atoms with Gasteiger partial charge >= 0.3 is 5.97 Å². The van der Waals surface area contributed by atoms with Crippen molar-refractivity contribution in [3.63, 3.8) is 0 Å². The molecule has 19 nitrogen and oxygen atoms in total. The molecule has 11 N–H and O–H groups in total. The number of carbonyl (C=O) groups excluding carboxylic acids is 1. The van der Waals surface area contributed by atoms with E-state index in [4.69, 9.17) is 33.2 Å². The van der Waals surface area contributed by atoms with Crippen molar-refractivity contribution in [1.82, 2.24) is 0 Å². The summed E-state index contributed by atoms with van der Waals surface area (Å²) in [5, 5.41) is 114. The molecule has 19 heteroatoms. The fraction of sp³-hybridized carbons (Fsp3) is 0.378. The number of carbonyl (C=O) groups is 1. The van der Waals surface area contributed by atoms with Gasteiger partial charge < -0.3 is 89.3 Å². The summed E-state index contributed by atoms with van der Waals surface area (Å²) < 4.78 is 39.7. The number of benzene rings is 3. The Morgan fingerprint density at radius 3 is 2.05 bits per heavy atom. The maximum atomic E-state index is 12.5. The standard InChI is InChI=1S/C37H40O19/c1-50-23-9-16(8-20(41)28(23)43)35-24(12-19-21(52-35)10-18(40)11-22(19)53-36-33(48)31(46)29(44)25(13-38)55-36)54-37-34(49)32(47)30(45)26(56-37)14-51-27(42)7-4-15-2-5-17(39)6-3-15/h2-12,25-26,29-41,43-49H,13-14H2,1H3/b7-4+/t25-,26+,29+,30+,31-,32-,33+,34-,35?,36+,37+/m0/s1. The summed E-state index contributed by atoms with van der Waals surface area (Å²) >= 11 is 0. The van der Waals surface area contributed by atoms with Crippen LogP contribution in [0, 0.1) is 0 Å². The number of fused-ring (bicyclic) bond motifs is 1. The highest BCUT2D eigenvalue weighted by atomic mass is 16.7. The fourth-order valence-corrected chi connectivity index (χ4v) is 6.11. The summed E-state index contributed by atoms with van der Waals surface area (Å²) in [7, 11) is 1.22. The van der Waals surface area contributed by atoms with Crippen molar-refractivity contribution in [2.45, 2.75) is 67.5 Å². The maximum absolute atomic E-state index is 12.5. The Labute approximate surface area is 317 Å². The van der Waals surface area contributed by atoms with Gasteiger partial charge in [-0.25, -0.2) is 4.79 Å². The first-order valence-corrected chi connectivity index (χ1v) is 17.0. The second-order valence-electron chi connectivity index (χ2n) is 13.0. The first-order valence-electron chi connectivity index (χ1n) is 17.0. The van der Waals surface area contributed by atoms with Crippen molar-refractivity contribution in [1.29, 1.82) is 0 Å². The van der Waals surface area contributed by atoms with Crippen molar-refractivity contribution in [2.75, 3.05) is 20.3 Å². The molecule has 0 aromatic heterocycles. The molecule has 11 atom stereocenters. The van der Waals surface area contributed by atoms with Crippen molar-refractivity contribution >= 4 is 18.1 Å². The lowest BCUT2D eigenvalue weighted by molar-refractivity contribution is -0.294. The third-order valence-corrected chi connectivity index (χ3v) is 9.19. The normalized spacial score (nSPS) is 30.1. The topological polar surface area (TPSA) is 304 Å².